The second-order valence-corrected chi connectivity index (χ2v) is 8.69. The average Bonchev–Trinajstić information content (AvgIpc) is 2.89. The van der Waals surface area contributed by atoms with E-state index in [1.54, 1.807) is 0 Å². The number of hydrogen-bond donors (Lipinski definition) is 10. The predicted molar refractivity (Wildman–Crippen MR) is 127 cm³/mol. The molecule has 3 aromatic rings. The summed E-state index contributed by atoms with van der Waals surface area (Å²) in [5.74, 6) is -8.42. The maximum atomic E-state index is 11.6. The number of fused-ring (bicyclic) bond motifs is 1. The van der Waals surface area contributed by atoms with Crippen LogP contribution in [0.25, 0.3) is 22.3 Å². The molecule has 0 spiro atoms. The summed E-state index contributed by atoms with van der Waals surface area (Å²) in [5, 5.41) is 99.3. The zero-order valence-corrected chi connectivity index (χ0v) is 20.0. The first-order chi connectivity index (χ1) is 18.8. The summed E-state index contributed by atoms with van der Waals surface area (Å²) in [6.07, 6.45) is -10.1. The molecule has 1 saturated heterocycles. The van der Waals surface area contributed by atoms with Gasteiger partial charge in [0.15, 0.2) is 28.7 Å². The van der Waals surface area contributed by atoms with Crippen LogP contribution in [0, 0.1) is 0 Å². The monoisotopic (exact) mass is 567 g/mol. The molecule has 0 aliphatic carbocycles. The molecule has 0 unspecified atom stereocenters. The molecular formula is C24H23O16+. The summed E-state index contributed by atoms with van der Waals surface area (Å²) in [4.78, 5) is 22.3. The molecule has 1 aliphatic rings. The number of aromatic hydroxyl groups is 6. The summed E-state index contributed by atoms with van der Waals surface area (Å²) < 4.78 is 21.5. The van der Waals surface area contributed by atoms with Crippen LogP contribution < -0.4 is 4.74 Å². The molecule has 2 aromatic carbocycles. The highest BCUT2D eigenvalue weighted by atomic mass is 16.7. The van der Waals surface area contributed by atoms with Crippen LogP contribution in [0.3, 0.4) is 0 Å². The number of esters is 1. The highest BCUT2D eigenvalue weighted by Gasteiger charge is 2.46. The van der Waals surface area contributed by atoms with Crippen molar-refractivity contribution in [2.24, 2.45) is 0 Å². The molecule has 0 radical (unpaired) electrons. The number of hydrogen-bond acceptors (Lipinski definition) is 14. The first-order valence-corrected chi connectivity index (χ1v) is 11.3. The zero-order chi connectivity index (χ0) is 29.5. The molecule has 1 aliphatic heterocycles. The van der Waals surface area contributed by atoms with Gasteiger partial charge in [-0.1, -0.05) is 0 Å². The molecule has 4 rings (SSSR count). The second-order valence-electron chi connectivity index (χ2n) is 8.69. The Balaban J connectivity index is 1.75. The Morgan fingerprint density at radius 1 is 0.825 bits per heavy atom. The lowest BCUT2D eigenvalue weighted by Gasteiger charge is -2.39. The molecule has 1 aromatic heterocycles. The lowest BCUT2D eigenvalue weighted by atomic mass is 9.99. The molecule has 0 saturated carbocycles. The van der Waals surface area contributed by atoms with E-state index in [0.29, 0.717) is 0 Å². The van der Waals surface area contributed by atoms with E-state index in [0.717, 1.165) is 24.3 Å². The lowest BCUT2D eigenvalue weighted by Crippen LogP contribution is -2.60. The van der Waals surface area contributed by atoms with Crippen molar-refractivity contribution in [3.8, 4) is 51.6 Å². The largest absolute Gasteiger partial charge is 0.504 e. The number of phenols is 6. The van der Waals surface area contributed by atoms with Gasteiger partial charge in [0, 0.05) is 18.2 Å². The minimum Gasteiger partial charge on any atom is -0.504 e. The van der Waals surface area contributed by atoms with E-state index in [9.17, 15) is 55.5 Å². The first-order valence-electron chi connectivity index (χ1n) is 11.3. The SMILES string of the molecule is O=C(O)CC(=O)OC[C@H]1O[C@@H](Oc2cc3c(O)c(O)c(O)cc3[o+]c2-c2cc(O)c(O)c(O)c2)[C@@H](O)[C@@H](O)[C@@H]1O. The lowest BCUT2D eigenvalue weighted by molar-refractivity contribution is -0.278. The standard InChI is InChI=1S/C24H22O16/c25-9-1-7(2-10(26)18(9)32)23-13(3-8-12(38-23)4-11(27)19(33)17(8)31)39-24-22(36)21(35)20(34)14(40-24)6-37-16(30)5-15(28)29/h1-4,14,20-22,24,34-36H,5-6H2,(H6-,25,26,27,28,29,31,32,33)/p+1/t14-,20-,21+,22+,24-/m1/s1. The molecule has 214 valence electrons. The second kappa shape index (κ2) is 10.8. The Hall–Kier alpha value is -4.77. The number of aliphatic carboxylic acids is 1. The fourth-order valence-electron chi connectivity index (χ4n) is 3.87. The van der Waals surface area contributed by atoms with Crippen LogP contribution >= 0.6 is 0 Å². The van der Waals surface area contributed by atoms with Gasteiger partial charge in [-0.3, -0.25) is 9.59 Å². The zero-order valence-electron chi connectivity index (χ0n) is 20.0. The van der Waals surface area contributed by atoms with Crippen molar-refractivity contribution in [3.63, 3.8) is 0 Å². The summed E-state index contributed by atoms with van der Waals surface area (Å²) in [7, 11) is 0. The van der Waals surface area contributed by atoms with Crippen LogP contribution in [0.15, 0.2) is 28.7 Å². The van der Waals surface area contributed by atoms with Crippen LogP contribution in [-0.2, 0) is 19.1 Å². The number of benzene rings is 2. The van der Waals surface area contributed by atoms with Gasteiger partial charge in [0.25, 0.3) is 0 Å². The Morgan fingerprint density at radius 2 is 1.45 bits per heavy atom. The van der Waals surface area contributed by atoms with Crippen LogP contribution in [-0.4, -0.2) is 100 Å². The van der Waals surface area contributed by atoms with Gasteiger partial charge in [-0.15, -0.1) is 0 Å². The van der Waals surface area contributed by atoms with E-state index in [1.807, 2.05) is 0 Å². The molecule has 5 atom stereocenters. The van der Waals surface area contributed by atoms with E-state index in [2.05, 4.69) is 0 Å². The van der Waals surface area contributed by atoms with Gasteiger partial charge in [-0.25, -0.2) is 4.42 Å². The number of carboxylic acids is 1. The Morgan fingerprint density at radius 3 is 2.08 bits per heavy atom. The van der Waals surface area contributed by atoms with Crippen molar-refractivity contribution in [1.82, 2.24) is 0 Å². The number of carbonyl (C=O) groups excluding carboxylic acids is 1. The highest BCUT2D eigenvalue weighted by molar-refractivity contribution is 5.91. The molecule has 0 bridgehead atoms. The van der Waals surface area contributed by atoms with Gasteiger partial charge in [-0.2, -0.15) is 0 Å². The summed E-state index contributed by atoms with van der Waals surface area (Å²) in [5.41, 5.74) is -0.396. The van der Waals surface area contributed by atoms with Crippen molar-refractivity contribution < 1.29 is 79.3 Å². The van der Waals surface area contributed by atoms with Crippen molar-refractivity contribution in [2.45, 2.75) is 37.1 Å². The first kappa shape index (κ1) is 28.2. The van der Waals surface area contributed by atoms with Gasteiger partial charge in [0.05, 0.1) is 11.6 Å². The number of phenolic OH excluding ortho intramolecular Hbond substituents is 6. The molecule has 1 fully saturated rings. The van der Waals surface area contributed by atoms with Gasteiger partial charge in [0.1, 0.15) is 42.8 Å². The minimum atomic E-state index is -1.95. The van der Waals surface area contributed by atoms with Gasteiger partial charge in [-0.05, 0) is 0 Å². The maximum Gasteiger partial charge on any atom is 0.402 e. The molecule has 10 N–H and O–H groups in total. The quantitative estimate of drug-likeness (QED) is 0.0767. The molecule has 16 nitrogen and oxygen atoms in total. The third-order valence-electron chi connectivity index (χ3n) is 5.91. The number of aliphatic hydroxyl groups is 3. The van der Waals surface area contributed by atoms with Crippen LogP contribution in [0.4, 0.5) is 0 Å². The van der Waals surface area contributed by atoms with Crippen LogP contribution in [0.5, 0.6) is 40.2 Å². The Bertz CT molecular complexity index is 1450. The van der Waals surface area contributed by atoms with Gasteiger partial charge in [0.2, 0.25) is 17.8 Å². The minimum absolute atomic E-state index is 0.151. The third kappa shape index (κ3) is 5.36. The maximum absolute atomic E-state index is 11.6. The average molecular weight is 567 g/mol. The normalized spacial score (nSPS) is 22.6. The number of carboxylic acid groups (broad SMARTS) is 1. The van der Waals surface area contributed by atoms with Crippen molar-refractivity contribution in [3.05, 3.63) is 24.3 Å². The predicted octanol–water partition coefficient (Wildman–Crippen LogP) is -0.181. The summed E-state index contributed by atoms with van der Waals surface area (Å²) >= 11 is 0. The highest BCUT2D eigenvalue weighted by Crippen LogP contribution is 2.47. The number of carbonyl (C=O) groups is 2. The van der Waals surface area contributed by atoms with Crippen molar-refractivity contribution in [1.29, 1.82) is 0 Å². The van der Waals surface area contributed by atoms with Crippen molar-refractivity contribution in [2.75, 3.05) is 6.61 Å². The number of rotatable bonds is 7. The van der Waals surface area contributed by atoms with E-state index < -0.39 is 95.9 Å². The molecule has 40 heavy (non-hydrogen) atoms. The van der Waals surface area contributed by atoms with Gasteiger partial charge < -0.3 is 65.3 Å². The Labute approximate surface area is 222 Å². The van der Waals surface area contributed by atoms with Crippen LogP contribution in [0.2, 0.25) is 0 Å². The fourth-order valence-corrected chi connectivity index (χ4v) is 3.87. The fraction of sp³-hybridized carbons (Fsp3) is 0.292. The topological polar surface area (TPSA) is 275 Å². The van der Waals surface area contributed by atoms with E-state index >= 15 is 0 Å². The number of ether oxygens (including phenoxy) is 3. The molecule has 0 amide bonds. The number of aliphatic hydroxyl groups excluding tert-OH is 3. The smallest absolute Gasteiger partial charge is 0.402 e. The van der Waals surface area contributed by atoms with E-state index in [4.69, 9.17) is 23.7 Å². The molecular weight excluding hydrogens is 544 g/mol. The van der Waals surface area contributed by atoms with Gasteiger partial charge >= 0.3 is 23.3 Å². The Kier molecular flexibility index (Phi) is 7.61. The van der Waals surface area contributed by atoms with Crippen LogP contribution in [0.1, 0.15) is 6.42 Å². The third-order valence-corrected chi connectivity index (χ3v) is 5.91. The van der Waals surface area contributed by atoms with E-state index in [1.165, 1.54) is 0 Å². The molecule has 2 heterocycles. The summed E-state index contributed by atoms with van der Waals surface area (Å²) in [6, 6.07) is 3.84. The van der Waals surface area contributed by atoms with Crippen molar-refractivity contribution >= 4 is 22.9 Å². The summed E-state index contributed by atoms with van der Waals surface area (Å²) in [6.45, 7) is -0.750. The molecule has 16 heteroatoms. The van der Waals surface area contributed by atoms with E-state index in [-0.39, 0.29) is 22.3 Å².